The average molecular weight is 273 g/mol. The Hall–Kier alpha value is -1.76. The number of benzene rings is 1. The summed E-state index contributed by atoms with van der Waals surface area (Å²) in [6.07, 6.45) is 2.77. The molecule has 0 saturated heterocycles. The molecule has 1 aromatic rings. The maximum Gasteiger partial charge on any atom is 0.279 e. The number of halogens is 2. The summed E-state index contributed by atoms with van der Waals surface area (Å²) >= 11 is 1.01. The fourth-order valence-corrected chi connectivity index (χ4v) is 1.61. The van der Waals surface area contributed by atoms with Crippen molar-refractivity contribution >= 4 is 28.6 Å². The molecule has 18 heavy (non-hydrogen) atoms. The first-order chi connectivity index (χ1) is 8.41. The maximum atomic E-state index is 13.0. The summed E-state index contributed by atoms with van der Waals surface area (Å²) in [6.45, 7) is 1.39. The molecule has 0 N–H and O–H groups in total. The van der Waals surface area contributed by atoms with Crippen LogP contribution in [0.1, 0.15) is 12.5 Å². The molecule has 0 unspecified atom stereocenters. The Morgan fingerprint density at radius 3 is 2.61 bits per heavy atom. The second kappa shape index (κ2) is 6.25. The standard InChI is InChI=1S/C11H9F2NO3S/c1-7(15)18-4-2-3-8-5-9(12)10(13)6-11(8)14(16)17/h2-3,5-6H,4H2,1H3. The summed E-state index contributed by atoms with van der Waals surface area (Å²) in [7, 11) is 0. The van der Waals surface area contributed by atoms with Gasteiger partial charge in [0.2, 0.25) is 0 Å². The number of thioether (sulfide) groups is 1. The average Bonchev–Trinajstić information content (AvgIpc) is 2.28. The number of hydrogen-bond donors (Lipinski definition) is 0. The highest BCUT2D eigenvalue weighted by Crippen LogP contribution is 2.23. The lowest BCUT2D eigenvalue weighted by Crippen LogP contribution is -1.95. The molecule has 0 spiro atoms. The normalized spacial score (nSPS) is 10.8. The smallest absolute Gasteiger partial charge is 0.279 e. The number of hydrogen-bond acceptors (Lipinski definition) is 4. The van der Waals surface area contributed by atoms with Crippen LogP contribution in [-0.4, -0.2) is 15.8 Å². The van der Waals surface area contributed by atoms with Crippen LogP contribution in [0, 0.1) is 21.7 Å². The first-order valence-electron chi connectivity index (χ1n) is 4.85. The molecule has 0 atom stereocenters. The molecule has 0 aliphatic carbocycles. The zero-order chi connectivity index (χ0) is 13.7. The lowest BCUT2D eigenvalue weighted by Gasteiger charge is -1.99. The lowest BCUT2D eigenvalue weighted by molar-refractivity contribution is -0.385. The van der Waals surface area contributed by atoms with Gasteiger partial charge in [0.15, 0.2) is 16.7 Å². The predicted molar refractivity (Wildman–Crippen MR) is 65.2 cm³/mol. The monoisotopic (exact) mass is 273 g/mol. The second-order valence-electron chi connectivity index (χ2n) is 3.29. The summed E-state index contributed by atoms with van der Waals surface area (Å²) < 4.78 is 25.8. The topological polar surface area (TPSA) is 60.2 Å². The summed E-state index contributed by atoms with van der Waals surface area (Å²) in [5.74, 6) is -2.11. The molecule has 0 aromatic heterocycles. The Bertz CT molecular complexity index is 517. The zero-order valence-corrected chi connectivity index (χ0v) is 10.2. The van der Waals surface area contributed by atoms with E-state index in [2.05, 4.69) is 0 Å². The van der Waals surface area contributed by atoms with Crippen molar-refractivity contribution in [3.05, 3.63) is 45.5 Å². The van der Waals surface area contributed by atoms with Crippen molar-refractivity contribution in [2.45, 2.75) is 6.92 Å². The van der Waals surface area contributed by atoms with Gasteiger partial charge in [-0.25, -0.2) is 8.78 Å². The molecule has 1 aromatic carbocycles. The van der Waals surface area contributed by atoms with E-state index >= 15 is 0 Å². The van der Waals surface area contributed by atoms with Crippen LogP contribution in [0.25, 0.3) is 6.08 Å². The molecular weight excluding hydrogens is 264 g/mol. The van der Waals surface area contributed by atoms with Gasteiger partial charge in [-0.1, -0.05) is 23.9 Å². The minimum Gasteiger partial charge on any atom is -0.288 e. The number of rotatable bonds is 4. The minimum absolute atomic E-state index is 0.0388. The van der Waals surface area contributed by atoms with Gasteiger partial charge in [0.1, 0.15) is 0 Å². The Kier molecular flexibility index (Phi) is 4.96. The zero-order valence-electron chi connectivity index (χ0n) is 9.35. The van der Waals surface area contributed by atoms with Gasteiger partial charge in [-0.2, -0.15) is 0 Å². The van der Waals surface area contributed by atoms with Crippen LogP contribution in [0.3, 0.4) is 0 Å². The van der Waals surface area contributed by atoms with Gasteiger partial charge in [-0.3, -0.25) is 14.9 Å². The molecule has 0 aliphatic rings. The van der Waals surface area contributed by atoms with Gasteiger partial charge in [0.25, 0.3) is 5.69 Å². The lowest BCUT2D eigenvalue weighted by atomic mass is 10.1. The molecule has 0 radical (unpaired) electrons. The highest BCUT2D eigenvalue weighted by Gasteiger charge is 2.16. The quantitative estimate of drug-likeness (QED) is 0.624. The first kappa shape index (κ1) is 14.3. The summed E-state index contributed by atoms with van der Waals surface area (Å²) in [5, 5.41) is 10.6. The molecule has 0 saturated carbocycles. The fraction of sp³-hybridized carbons (Fsp3) is 0.182. The van der Waals surface area contributed by atoms with Gasteiger partial charge in [0.05, 0.1) is 16.6 Å². The molecule has 0 amide bonds. The molecule has 96 valence electrons. The Balaban J connectivity index is 2.96. The molecule has 1 rings (SSSR count). The molecule has 0 bridgehead atoms. The SMILES string of the molecule is CC(=O)SCC=Cc1cc(F)c(F)cc1[N+](=O)[O-]. The van der Waals surface area contributed by atoms with E-state index in [-0.39, 0.29) is 10.7 Å². The maximum absolute atomic E-state index is 13.0. The second-order valence-corrected chi connectivity index (χ2v) is 4.48. The Labute approximate surface area is 106 Å². The van der Waals surface area contributed by atoms with Crippen LogP contribution in [0.4, 0.5) is 14.5 Å². The van der Waals surface area contributed by atoms with E-state index in [4.69, 9.17) is 0 Å². The summed E-state index contributed by atoms with van der Waals surface area (Å²) in [6, 6.07) is 1.29. The van der Waals surface area contributed by atoms with Crippen LogP contribution >= 0.6 is 11.8 Å². The molecule has 0 heterocycles. The van der Waals surface area contributed by atoms with Crippen LogP contribution in [0.15, 0.2) is 18.2 Å². The van der Waals surface area contributed by atoms with Crippen molar-refractivity contribution in [3.63, 3.8) is 0 Å². The van der Waals surface area contributed by atoms with E-state index in [9.17, 15) is 23.7 Å². The third-order valence-corrected chi connectivity index (χ3v) is 2.71. The van der Waals surface area contributed by atoms with E-state index in [0.29, 0.717) is 11.8 Å². The number of nitro groups is 1. The summed E-state index contributed by atoms with van der Waals surface area (Å²) in [4.78, 5) is 20.5. The molecule has 4 nitrogen and oxygen atoms in total. The van der Waals surface area contributed by atoms with Crippen molar-refractivity contribution in [1.82, 2.24) is 0 Å². The van der Waals surface area contributed by atoms with Crippen LogP contribution in [-0.2, 0) is 4.79 Å². The predicted octanol–water partition coefficient (Wildman–Crippen LogP) is 3.17. The van der Waals surface area contributed by atoms with E-state index in [1.165, 1.54) is 19.1 Å². The highest BCUT2D eigenvalue weighted by atomic mass is 32.2. The summed E-state index contributed by atoms with van der Waals surface area (Å²) in [5.41, 5.74) is -0.555. The first-order valence-corrected chi connectivity index (χ1v) is 5.83. The van der Waals surface area contributed by atoms with Crippen LogP contribution < -0.4 is 0 Å². The van der Waals surface area contributed by atoms with Crippen molar-refractivity contribution < 1.29 is 18.5 Å². The number of carbonyl (C=O) groups is 1. The van der Waals surface area contributed by atoms with E-state index in [0.717, 1.165) is 17.8 Å². The highest BCUT2D eigenvalue weighted by molar-refractivity contribution is 8.13. The van der Waals surface area contributed by atoms with Crippen LogP contribution in [0.5, 0.6) is 0 Å². The van der Waals surface area contributed by atoms with Crippen molar-refractivity contribution in [1.29, 1.82) is 0 Å². The van der Waals surface area contributed by atoms with E-state index in [1.54, 1.807) is 0 Å². The third kappa shape index (κ3) is 3.92. The third-order valence-electron chi connectivity index (χ3n) is 1.95. The van der Waals surface area contributed by atoms with Crippen LogP contribution in [0.2, 0.25) is 0 Å². The van der Waals surface area contributed by atoms with Crippen molar-refractivity contribution in [3.8, 4) is 0 Å². The number of nitro benzene ring substituents is 1. The molecule has 0 aliphatic heterocycles. The molecular formula is C11H9F2NO3S. The fourth-order valence-electron chi connectivity index (χ4n) is 1.18. The van der Waals surface area contributed by atoms with Gasteiger partial charge in [0, 0.05) is 12.7 Å². The largest absolute Gasteiger partial charge is 0.288 e. The molecule has 7 heteroatoms. The van der Waals surface area contributed by atoms with E-state index < -0.39 is 22.2 Å². The van der Waals surface area contributed by atoms with Gasteiger partial charge in [-0.05, 0) is 6.07 Å². The van der Waals surface area contributed by atoms with Gasteiger partial charge >= 0.3 is 0 Å². The Morgan fingerprint density at radius 1 is 1.44 bits per heavy atom. The van der Waals surface area contributed by atoms with Gasteiger partial charge < -0.3 is 0 Å². The van der Waals surface area contributed by atoms with Gasteiger partial charge in [-0.15, -0.1) is 0 Å². The number of nitrogens with zero attached hydrogens (tertiary/aromatic N) is 1. The Morgan fingerprint density at radius 2 is 2.06 bits per heavy atom. The minimum atomic E-state index is -1.27. The molecule has 0 fully saturated rings. The number of carbonyl (C=O) groups excluding carboxylic acids is 1. The van der Waals surface area contributed by atoms with Crippen molar-refractivity contribution in [2.75, 3.05) is 5.75 Å². The van der Waals surface area contributed by atoms with Crippen molar-refractivity contribution in [2.24, 2.45) is 0 Å². The van der Waals surface area contributed by atoms with E-state index in [1.807, 2.05) is 0 Å².